The van der Waals surface area contributed by atoms with Crippen LogP contribution in [-0.4, -0.2) is 34.1 Å². The third-order valence-corrected chi connectivity index (χ3v) is 4.60. The highest BCUT2D eigenvalue weighted by molar-refractivity contribution is 6.31. The molecule has 1 aromatic carbocycles. The number of fused-ring (bicyclic) bond motifs is 1. The summed E-state index contributed by atoms with van der Waals surface area (Å²) in [6.45, 7) is 1.85. The summed E-state index contributed by atoms with van der Waals surface area (Å²) >= 11 is 6.07. The van der Waals surface area contributed by atoms with E-state index in [1.807, 2.05) is 18.2 Å². The normalized spacial score (nSPS) is 16.6. The predicted octanol–water partition coefficient (Wildman–Crippen LogP) is 3.15. The second-order valence-electron chi connectivity index (χ2n) is 5.67. The van der Waals surface area contributed by atoms with Gasteiger partial charge >= 0.3 is 0 Å². The molecule has 1 aliphatic carbocycles. The minimum atomic E-state index is 0.571. The highest BCUT2D eigenvalue weighted by Gasteiger charge is 2.19. The van der Waals surface area contributed by atoms with Crippen molar-refractivity contribution in [2.45, 2.75) is 38.3 Å². The molecule has 20 heavy (non-hydrogen) atoms. The smallest absolute Gasteiger partial charge is 0.201 e. The Morgan fingerprint density at radius 1 is 1.40 bits per heavy atom. The number of imidazole rings is 1. The number of hydrogen-bond acceptors (Lipinski definition) is 3. The second kappa shape index (κ2) is 5.62. The van der Waals surface area contributed by atoms with Crippen molar-refractivity contribution in [3.8, 4) is 0 Å². The lowest BCUT2D eigenvalue weighted by atomic mass is 10.2. The Balaban J connectivity index is 1.76. The molecule has 1 heterocycles. The third kappa shape index (κ3) is 2.63. The average Bonchev–Trinajstić information content (AvgIpc) is 3.04. The predicted molar refractivity (Wildman–Crippen MR) is 84.0 cm³/mol. The topological polar surface area (TPSA) is 47.1 Å². The van der Waals surface area contributed by atoms with Gasteiger partial charge in [-0.05, 0) is 38.1 Å². The van der Waals surface area contributed by atoms with E-state index in [1.165, 1.54) is 25.7 Å². The highest BCUT2D eigenvalue weighted by Crippen LogP contribution is 2.24. The first-order valence-corrected chi connectivity index (χ1v) is 7.64. The van der Waals surface area contributed by atoms with Crippen molar-refractivity contribution in [3.63, 3.8) is 0 Å². The molecule has 0 saturated heterocycles. The van der Waals surface area contributed by atoms with Crippen molar-refractivity contribution >= 4 is 28.6 Å². The molecule has 2 N–H and O–H groups in total. The summed E-state index contributed by atoms with van der Waals surface area (Å²) < 4.78 is 2.06. The molecule has 108 valence electrons. The number of benzene rings is 1. The third-order valence-electron chi connectivity index (χ3n) is 4.36. The van der Waals surface area contributed by atoms with E-state index < -0.39 is 0 Å². The van der Waals surface area contributed by atoms with Crippen LogP contribution in [0.25, 0.3) is 11.0 Å². The average molecular weight is 293 g/mol. The van der Waals surface area contributed by atoms with E-state index in [0.29, 0.717) is 5.95 Å². The van der Waals surface area contributed by atoms with Gasteiger partial charge in [0.05, 0.1) is 11.0 Å². The summed E-state index contributed by atoms with van der Waals surface area (Å²) in [5.74, 6) is 0.571. The largest absolute Gasteiger partial charge is 0.369 e. The summed E-state index contributed by atoms with van der Waals surface area (Å²) in [5.41, 5.74) is 7.97. The lowest BCUT2D eigenvalue weighted by molar-refractivity contribution is 0.238. The number of rotatable bonds is 4. The van der Waals surface area contributed by atoms with Crippen LogP contribution in [0.15, 0.2) is 18.2 Å². The van der Waals surface area contributed by atoms with Gasteiger partial charge in [0.25, 0.3) is 0 Å². The minimum absolute atomic E-state index is 0.571. The molecule has 0 aliphatic heterocycles. The van der Waals surface area contributed by atoms with Crippen LogP contribution in [0.5, 0.6) is 0 Å². The van der Waals surface area contributed by atoms with Gasteiger partial charge in [0.15, 0.2) is 0 Å². The van der Waals surface area contributed by atoms with Crippen LogP contribution in [0.2, 0.25) is 5.02 Å². The van der Waals surface area contributed by atoms with Crippen molar-refractivity contribution in [2.75, 3.05) is 19.3 Å². The molecule has 1 saturated carbocycles. The number of likely N-dealkylation sites (N-methyl/N-ethyl adjacent to an activating group) is 1. The van der Waals surface area contributed by atoms with Crippen molar-refractivity contribution in [1.29, 1.82) is 0 Å². The molecule has 5 heteroatoms. The summed E-state index contributed by atoms with van der Waals surface area (Å²) in [7, 11) is 2.21. The molecule has 4 nitrogen and oxygen atoms in total. The summed E-state index contributed by atoms with van der Waals surface area (Å²) in [6, 6.07) is 6.45. The van der Waals surface area contributed by atoms with Gasteiger partial charge < -0.3 is 15.2 Å². The molecule has 0 amide bonds. The summed E-state index contributed by atoms with van der Waals surface area (Å²) in [6.07, 6.45) is 5.37. The Bertz CT molecular complexity index is 601. The molecule has 0 bridgehead atoms. The van der Waals surface area contributed by atoms with Gasteiger partial charge in [-0.15, -0.1) is 0 Å². The van der Waals surface area contributed by atoms with Gasteiger partial charge in [0, 0.05) is 24.2 Å². The fraction of sp³-hybridized carbons (Fsp3) is 0.533. The number of nitrogens with zero attached hydrogens (tertiary/aromatic N) is 3. The lowest BCUT2D eigenvalue weighted by Crippen LogP contribution is -2.32. The molecular weight excluding hydrogens is 272 g/mol. The molecule has 0 unspecified atom stereocenters. The number of anilines is 1. The first kappa shape index (κ1) is 13.7. The zero-order valence-electron chi connectivity index (χ0n) is 11.8. The minimum Gasteiger partial charge on any atom is -0.369 e. The molecule has 1 fully saturated rings. The van der Waals surface area contributed by atoms with E-state index >= 15 is 0 Å². The van der Waals surface area contributed by atoms with Gasteiger partial charge in [-0.3, -0.25) is 0 Å². The SMILES string of the molecule is CN(CCn1c(N)nc2ccc(Cl)cc21)C1CCCC1. The molecule has 1 aliphatic rings. The van der Waals surface area contributed by atoms with E-state index in [4.69, 9.17) is 17.3 Å². The fourth-order valence-electron chi connectivity index (χ4n) is 3.13. The van der Waals surface area contributed by atoms with Crippen LogP contribution in [0.4, 0.5) is 5.95 Å². The molecule has 0 spiro atoms. The highest BCUT2D eigenvalue weighted by atomic mass is 35.5. The zero-order valence-corrected chi connectivity index (χ0v) is 12.6. The summed E-state index contributed by atoms with van der Waals surface area (Å²) in [5, 5.41) is 0.725. The van der Waals surface area contributed by atoms with Crippen molar-refractivity contribution < 1.29 is 0 Å². The van der Waals surface area contributed by atoms with Gasteiger partial charge in [-0.2, -0.15) is 0 Å². The molecular formula is C15H21ClN4. The van der Waals surface area contributed by atoms with Crippen molar-refractivity contribution in [2.24, 2.45) is 0 Å². The second-order valence-corrected chi connectivity index (χ2v) is 6.11. The zero-order chi connectivity index (χ0) is 14.1. The maximum Gasteiger partial charge on any atom is 0.201 e. The van der Waals surface area contributed by atoms with Gasteiger partial charge in [0.2, 0.25) is 5.95 Å². The maximum absolute atomic E-state index is 6.07. The van der Waals surface area contributed by atoms with Crippen molar-refractivity contribution in [3.05, 3.63) is 23.2 Å². The number of nitrogens with two attached hydrogens (primary N) is 1. The van der Waals surface area contributed by atoms with Crippen molar-refractivity contribution in [1.82, 2.24) is 14.5 Å². The Hall–Kier alpha value is -1.26. The molecule has 0 radical (unpaired) electrons. The van der Waals surface area contributed by atoms with Gasteiger partial charge in [0.1, 0.15) is 0 Å². The standard InChI is InChI=1S/C15H21ClN4/c1-19(12-4-2-3-5-12)8-9-20-14-10-11(16)6-7-13(14)18-15(20)17/h6-7,10,12H,2-5,8-9H2,1H3,(H2,17,18). The molecule has 3 rings (SSSR count). The van der Waals surface area contributed by atoms with Crippen LogP contribution >= 0.6 is 11.6 Å². The van der Waals surface area contributed by atoms with Crippen LogP contribution in [0.3, 0.4) is 0 Å². The van der Waals surface area contributed by atoms with E-state index in [9.17, 15) is 0 Å². The Labute approximate surface area is 124 Å². The summed E-state index contributed by atoms with van der Waals surface area (Å²) in [4.78, 5) is 6.84. The number of halogens is 1. The van der Waals surface area contributed by atoms with Crippen LogP contribution in [0.1, 0.15) is 25.7 Å². The van der Waals surface area contributed by atoms with Gasteiger partial charge in [-0.25, -0.2) is 4.98 Å². The van der Waals surface area contributed by atoms with Crippen LogP contribution < -0.4 is 5.73 Å². The van der Waals surface area contributed by atoms with E-state index in [-0.39, 0.29) is 0 Å². The van der Waals surface area contributed by atoms with E-state index in [2.05, 4.69) is 21.5 Å². The maximum atomic E-state index is 6.07. The first-order chi connectivity index (χ1) is 9.65. The van der Waals surface area contributed by atoms with E-state index in [0.717, 1.165) is 35.2 Å². The molecule has 1 aromatic heterocycles. The Kier molecular flexibility index (Phi) is 3.85. The number of aromatic nitrogens is 2. The number of nitrogen functional groups attached to an aromatic ring is 1. The fourth-order valence-corrected chi connectivity index (χ4v) is 3.30. The molecule has 2 aromatic rings. The Morgan fingerprint density at radius 3 is 2.90 bits per heavy atom. The monoisotopic (exact) mass is 292 g/mol. The lowest BCUT2D eigenvalue weighted by Gasteiger charge is -2.24. The van der Waals surface area contributed by atoms with Crippen LogP contribution in [-0.2, 0) is 6.54 Å². The number of hydrogen-bond donors (Lipinski definition) is 1. The van der Waals surface area contributed by atoms with E-state index in [1.54, 1.807) is 0 Å². The Morgan fingerprint density at radius 2 is 2.15 bits per heavy atom. The van der Waals surface area contributed by atoms with Gasteiger partial charge in [-0.1, -0.05) is 24.4 Å². The van der Waals surface area contributed by atoms with Crippen LogP contribution in [0, 0.1) is 0 Å². The quantitative estimate of drug-likeness (QED) is 0.942. The molecule has 0 atom stereocenters. The first-order valence-electron chi connectivity index (χ1n) is 7.26.